The van der Waals surface area contributed by atoms with E-state index in [0.29, 0.717) is 0 Å². The minimum absolute atomic E-state index is 0.872. The van der Waals surface area contributed by atoms with E-state index in [-0.39, 0.29) is 0 Å². The highest BCUT2D eigenvalue weighted by molar-refractivity contribution is 7.99. The normalized spacial score (nSPS) is 10.7. The Morgan fingerprint density at radius 3 is 2.86 bits per heavy atom. The van der Waals surface area contributed by atoms with Gasteiger partial charge in [-0.25, -0.2) is 0 Å². The van der Waals surface area contributed by atoms with Gasteiger partial charge in [-0.3, -0.25) is 0 Å². The van der Waals surface area contributed by atoms with Crippen LogP contribution in [0.25, 0.3) is 10.1 Å². The Kier molecular flexibility index (Phi) is 2.56. The molecule has 0 saturated carbocycles. The molecule has 0 atom stereocenters. The first kappa shape index (κ1) is 9.68. The maximum absolute atomic E-state index is 5.93. The Balaban J connectivity index is 2.82. The lowest BCUT2D eigenvalue weighted by Gasteiger charge is -2.02. The van der Waals surface area contributed by atoms with Gasteiger partial charge in [-0.05, 0) is 18.4 Å². The second kappa shape index (κ2) is 3.71. The molecule has 0 unspecified atom stereocenters. The van der Waals surface area contributed by atoms with Crippen LogP contribution in [0.2, 0.25) is 0 Å². The van der Waals surface area contributed by atoms with Gasteiger partial charge in [-0.2, -0.15) is 0 Å². The number of rotatable bonds is 2. The summed E-state index contributed by atoms with van der Waals surface area (Å²) in [6, 6.07) is 6.02. The molecule has 0 saturated heterocycles. The molecule has 14 heavy (non-hydrogen) atoms. The van der Waals surface area contributed by atoms with Gasteiger partial charge in [0.25, 0.3) is 0 Å². The molecule has 1 aromatic heterocycles. The lowest BCUT2D eigenvalue weighted by molar-refractivity contribution is 0.419. The van der Waals surface area contributed by atoms with E-state index in [1.807, 2.05) is 18.4 Å². The largest absolute Gasteiger partial charge is 0.496 e. The Hall–Kier alpha value is -0.870. The molecule has 0 bridgehead atoms. The fraction of sp³-hybridized carbons (Fsp3) is 0.200. The molecule has 4 heteroatoms. The Bertz CT molecular complexity index is 464. The van der Waals surface area contributed by atoms with Crippen LogP contribution in [-0.4, -0.2) is 13.4 Å². The van der Waals surface area contributed by atoms with Gasteiger partial charge in [0.05, 0.1) is 17.4 Å². The monoisotopic (exact) mass is 225 g/mol. The number of hydrogen-bond acceptors (Lipinski definition) is 4. The molecule has 0 radical (unpaired) electrons. The number of thioether (sulfide) groups is 1. The van der Waals surface area contributed by atoms with Crippen molar-refractivity contribution >= 4 is 38.2 Å². The van der Waals surface area contributed by atoms with Crippen LogP contribution in [0.5, 0.6) is 5.75 Å². The first-order valence-electron chi connectivity index (χ1n) is 4.17. The van der Waals surface area contributed by atoms with Gasteiger partial charge in [0.2, 0.25) is 0 Å². The lowest BCUT2D eigenvalue weighted by atomic mass is 10.2. The number of thiophene rings is 1. The molecule has 1 aromatic carbocycles. The summed E-state index contributed by atoms with van der Waals surface area (Å²) in [5.41, 5.74) is 5.93. The van der Waals surface area contributed by atoms with Crippen molar-refractivity contribution < 1.29 is 4.74 Å². The number of nitrogens with two attached hydrogens (primary N) is 1. The minimum Gasteiger partial charge on any atom is -0.496 e. The highest BCUT2D eigenvalue weighted by atomic mass is 32.2. The van der Waals surface area contributed by atoms with Gasteiger partial charge in [-0.15, -0.1) is 23.1 Å². The molecule has 0 amide bonds. The average molecular weight is 225 g/mol. The molecule has 2 N–H and O–H groups in total. The van der Waals surface area contributed by atoms with E-state index >= 15 is 0 Å². The fourth-order valence-electron chi connectivity index (χ4n) is 1.48. The van der Waals surface area contributed by atoms with E-state index in [2.05, 4.69) is 6.07 Å². The summed E-state index contributed by atoms with van der Waals surface area (Å²) in [5.74, 6) is 0.903. The van der Waals surface area contributed by atoms with Crippen molar-refractivity contribution in [2.24, 2.45) is 0 Å². The van der Waals surface area contributed by atoms with Gasteiger partial charge >= 0.3 is 0 Å². The quantitative estimate of drug-likeness (QED) is 0.797. The lowest BCUT2D eigenvalue weighted by Crippen LogP contribution is -1.84. The predicted molar refractivity (Wildman–Crippen MR) is 64.6 cm³/mol. The molecule has 2 aromatic rings. The molecule has 2 nitrogen and oxygen atoms in total. The smallest absolute Gasteiger partial charge is 0.128 e. The number of anilines is 1. The van der Waals surface area contributed by atoms with Crippen molar-refractivity contribution in [2.75, 3.05) is 19.1 Å². The van der Waals surface area contributed by atoms with Crippen LogP contribution in [0.3, 0.4) is 0 Å². The second-order valence-electron chi connectivity index (χ2n) is 2.83. The first-order valence-corrected chi connectivity index (χ1v) is 6.21. The molecule has 0 aliphatic heterocycles. The SMILES string of the molecule is COc1cccc2sc(N)c(SC)c12. The molecular formula is C10H11NOS2. The van der Waals surface area contributed by atoms with Crippen molar-refractivity contribution in [3.8, 4) is 5.75 Å². The average Bonchev–Trinajstić information content (AvgIpc) is 2.52. The zero-order valence-corrected chi connectivity index (χ0v) is 9.67. The summed E-state index contributed by atoms with van der Waals surface area (Å²) >= 11 is 3.28. The molecule has 0 fully saturated rings. The fourth-order valence-corrected chi connectivity index (χ4v) is 3.42. The minimum atomic E-state index is 0.872. The van der Waals surface area contributed by atoms with E-state index in [1.165, 1.54) is 4.70 Å². The molecule has 74 valence electrons. The van der Waals surface area contributed by atoms with Crippen molar-refractivity contribution in [1.29, 1.82) is 0 Å². The van der Waals surface area contributed by atoms with Crippen LogP contribution in [0.15, 0.2) is 23.1 Å². The molecule has 0 spiro atoms. The van der Waals surface area contributed by atoms with Crippen molar-refractivity contribution in [1.82, 2.24) is 0 Å². The molecule has 0 aliphatic carbocycles. The van der Waals surface area contributed by atoms with Crippen LogP contribution in [0, 0.1) is 0 Å². The summed E-state index contributed by atoms with van der Waals surface area (Å²) in [6.07, 6.45) is 2.03. The van der Waals surface area contributed by atoms with Gasteiger partial charge < -0.3 is 10.5 Å². The predicted octanol–water partition coefficient (Wildman–Crippen LogP) is 3.21. The number of benzene rings is 1. The molecule has 2 rings (SSSR count). The van der Waals surface area contributed by atoms with Crippen LogP contribution >= 0.6 is 23.1 Å². The summed E-state index contributed by atoms with van der Waals surface area (Å²) in [5, 5.41) is 2.02. The highest BCUT2D eigenvalue weighted by Crippen LogP contribution is 2.43. The topological polar surface area (TPSA) is 35.2 Å². The van der Waals surface area contributed by atoms with Crippen LogP contribution in [0.4, 0.5) is 5.00 Å². The molecule has 1 heterocycles. The van der Waals surface area contributed by atoms with E-state index in [4.69, 9.17) is 10.5 Å². The van der Waals surface area contributed by atoms with Gasteiger partial charge in [-0.1, -0.05) is 6.07 Å². The number of ether oxygens (including phenoxy) is 1. The van der Waals surface area contributed by atoms with Crippen molar-refractivity contribution in [3.63, 3.8) is 0 Å². The van der Waals surface area contributed by atoms with Gasteiger partial charge in [0.1, 0.15) is 10.8 Å². The standard InChI is InChI=1S/C10H11NOS2/c1-12-6-4-3-5-7-8(6)9(13-2)10(11)14-7/h3-5H,11H2,1-2H3. The number of methoxy groups -OCH3 is 1. The third-order valence-corrected chi connectivity index (χ3v) is 4.03. The summed E-state index contributed by atoms with van der Waals surface area (Å²) in [4.78, 5) is 1.13. The van der Waals surface area contributed by atoms with Crippen LogP contribution in [0.1, 0.15) is 0 Å². The number of fused-ring (bicyclic) bond motifs is 1. The van der Waals surface area contributed by atoms with E-state index in [1.54, 1.807) is 30.2 Å². The molecule has 0 aliphatic rings. The number of hydrogen-bond donors (Lipinski definition) is 1. The third-order valence-electron chi connectivity index (χ3n) is 2.08. The van der Waals surface area contributed by atoms with Crippen LogP contribution < -0.4 is 10.5 Å². The number of nitrogen functional groups attached to an aromatic ring is 1. The Labute approximate surface area is 91.1 Å². The van der Waals surface area contributed by atoms with Crippen LogP contribution in [-0.2, 0) is 0 Å². The summed E-state index contributed by atoms with van der Waals surface area (Å²) in [6.45, 7) is 0. The maximum atomic E-state index is 5.93. The van der Waals surface area contributed by atoms with E-state index in [9.17, 15) is 0 Å². The highest BCUT2D eigenvalue weighted by Gasteiger charge is 2.12. The van der Waals surface area contributed by atoms with Crippen molar-refractivity contribution in [2.45, 2.75) is 4.90 Å². The van der Waals surface area contributed by atoms with E-state index < -0.39 is 0 Å². The maximum Gasteiger partial charge on any atom is 0.128 e. The summed E-state index contributed by atoms with van der Waals surface area (Å²) < 4.78 is 6.51. The summed E-state index contributed by atoms with van der Waals surface area (Å²) in [7, 11) is 1.69. The van der Waals surface area contributed by atoms with Gasteiger partial charge in [0.15, 0.2) is 0 Å². The zero-order valence-electron chi connectivity index (χ0n) is 8.03. The van der Waals surface area contributed by atoms with Crippen molar-refractivity contribution in [3.05, 3.63) is 18.2 Å². The Morgan fingerprint density at radius 1 is 1.43 bits per heavy atom. The third kappa shape index (κ3) is 1.35. The zero-order chi connectivity index (χ0) is 10.1. The van der Waals surface area contributed by atoms with E-state index in [0.717, 1.165) is 21.0 Å². The second-order valence-corrected chi connectivity index (χ2v) is 4.73. The Morgan fingerprint density at radius 2 is 2.21 bits per heavy atom. The molecular weight excluding hydrogens is 214 g/mol. The van der Waals surface area contributed by atoms with Gasteiger partial charge in [0, 0.05) is 4.70 Å². The first-order chi connectivity index (χ1) is 6.77.